The molecule has 0 amide bonds. The van der Waals surface area contributed by atoms with Crippen molar-refractivity contribution >= 4 is 11.2 Å². The van der Waals surface area contributed by atoms with E-state index >= 15 is 0 Å². The molecule has 0 saturated carbocycles. The molecule has 1 aromatic carbocycles. The van der Waals surface area contributed by atoms with Crippen LogP contribution in [0.2, 0.25) is 0 Å². The van der Waals surface area contributed by atoms with Crippen molar-refractivity contribution in [2.75, 3.05) is 0 Å². The Morgan fingerprint density at radius 1 is 1.14 bits per heavy atom. The lowest BCUT2D eigenvalue weighted by Gasteiger charge is -2.31. The summed E-state index contributed by atoms with van der Waals surface area (Å²) in [6.07, 6.45) is 1.73. The van der Waals surface area contributed by atoms with Gasteiger partial charge in [-0.05, 0) is 50.8 Å². The second kappa shape index (κ2) is 6.41. The normalized spacial score (nSPS) is 24.3. The predicted molar refractivity (Wildman–Crippen MR) is 100 cm³/mol. The molecule has 5 rings (SSSR count). The zero-order valence-corrected chi connectivity index (χ0v) is 15.7. The summed E-state index contributed by atoms with van der Waals surface area (Å²) in [5, 5.41) is 22.4. The molecule has 0 unspecified atom stereocenters. The van der Waals surface area contributed by atoms with Crippen molar-refractivity contribution in [3.05, 3.63) is 35.7 Å². The van der Waals surface area contributed by atoms with E-state index in [4.69, 9.17) is 0 Å². The summed E-state index contributed by atoms with van der Waals surface area (Å²) >= 11 is 0. The average molecular weight is 403 g/mol. The second-order valence-electron chi connectivity index (χ2n) is 7.92. The number of imidazole rings is 1. The number of halogens is 3. The van der Waals surface area contributed by atoms with Gasteiger partial charge in [0.2, 0.25) is 0 Å². The van der Waals surface area contributed by atoms with E-state index in [9.17, 15) is 18.3 Å². The molecule has 3 atom stereocenters. The van der Waals surface area contributed by atoms with E-state index in [1.807, 2.05) is 0 Å². The third kappa shape index (κ3) is 2.95. The van der Waals surface area contributed by atoms with Crippen molar-refractivity contribution in [1.82, 2.24) is 25.1 Å². The number of nitrogens with zero attached hydrogens (tertiary/aromatic N) is 4. The Morgan fingerprint density at radius 3 is 2.69 bits per heavy atom. The van der Waals surface area contributed by atoms with E-state index in [0.717, 1.165) is 25.3 Å². The second-order valence-corrected chi connectivity index (χ2v) is 7.92. The standard InChI is InChI=1S/C20H20F3N5O/c1-10-17(13-5-2-11(8-16(13)29)20(21,22)23)26-27-19-18(10)24-9-28(19)15-7-4-12-3-6-14(15)25-12/h2,5,8-9,12,14-15,25,29H,3-4,6-7H2,1H3/t12-,14+,15+/m0/s1. The molecule has 6 nitrogen and oxygen atoms in total. The number of hydrogen-bond acceptors (Lipinski definition) is 5. The van der Waals surface area contributed by atoms with Crippen LogP contribution in [-0.4, -0.2) is 36.9 Å². The number of fused-ring (bicyclic) bond motifs is 3. The molecule has 2 aromatic heterocycles. The summed E-state index contributed by atoms with van der Waals surface area (Å²) in [7, 11) is 0. The van der Waals surface area contributed by atoms with E-state index in [0.29, 0.717) is 40.6 Å². The van der Waals surface area contributed by atoms with Gasteiger partial charge in [-0.1, -0.05) is 0 Å². The molecule has 3 aromatic rings. The molecule has 152 valence electrons. The van der Waals surface area contributed by atoms with Crippen molar-refractivity contribution in [3.8, 4) is 17.0 Å². The lowest BCUT2D eigenvalue weighted by molar-refractivity contribution is -0.137. The van der Waals surface area contributed by atoms with Crippen LogP contribution in [-0.2, 0) is 6.18 Å². The summed E-state index contributed by atoms with van der Waals surface area (Å²) < 4.78 is 40.7. The number of aryl methyl sites for hydroxylation is 1. The van der Waals surface area contributed by atoms with Gasteiger partial charge in [0.05, 0.1) is 17.9 Å². The molecule has 4 heterocycles. The van der Waals surface area contributed by atoms with Crippen molar-refractivity contribution < 1.29 is 18.3 Å². The van der Waals surface area contributed by atoms with Crippen LogP contribution in [0, 0.1) is 6.92 Å². The number of phenols is 1. The summed E-state index contributed by atoms with van der Waals surface area (Å²) in [4.78, 5) is 4.52. The van der Waals surface area contributed by atoms with Gasteiger partial charge in [-0.3, -0.25) is 0 Å². The molecule has 2 aliphatic heterocycles. The fourth-order valence-electron chi connectivity index (χ4n) is 4.70. The molecule has 0 spiro atoms. The van der Waals surface area contributed by atoms with Crippen molar-refractivity contribution in [2.24, 2.45) is 0 Å². The molecule has 2 bridgehead atoms. The van der Waals surface area contributed by atoms with E-state index < -0.39 is 17.5 Å². The summed E-state index contributed by atoms with van der Waals surface area (Å²) in [6.45, 7) is 1.80. The molecule has 9 heteroatoms. The van der Waals surface area contributed by atoms with Gasteiger partial charge in [-0.2, -0.15) is 13.2 Å². The molecule has 2 fully saturated rings. The number of benzene rings is 1. The molecule has 2 saturated heterocycles. The lowest BCUT2D eigenvalue weighted by atomic mass is 9.99. The Morgan fingerprint density at radius 2 is 1.93 bits per heavy atom. The van der Waals surface area contributed by atoms with Crippen LogP contribution in [0.25, 0.3) is 22.4 Å². The molecular weight excluding hydrogens is 383 g/mol. The number of rotatable bonds is 2. The molecule has 2 N–H and O–H groups in total. The summed E-state index contributed by atoms with van der Waals surface area (Å²) in [5.74, 6) is -0.482. The number of nitrogens with one attached hydrogen (secondary N) is 1. The molecule has 0 radical (unpaired) electrons. The highest BCUT2D eigenvalue weighted by atomic mass is 19.4. The molecule has 29 heavy (non-hydrogen) atoms. The minimum atomic E-state index is -4.52. The van der Waals surface area contributed by atoms with E-state index in [1.165, 1.54) is 12.5 Å². The van der Waals surface area contributed by atoms with Crippen LogP contribution < -0.4 is 5.32 Å². The van der Waals surface area contributed by atoms with E-state index in [1.54, 1.807) is 13.3 Å². The van der Waals surface area contributed by atoms with Crippen molar-refractivity contribution in [3.63, 3.8) is 0 Å². The van der Waals surface area contributed by atoms with Crippen LogP contribution in [0.1, 0.15) is 42.9 Å². The van der Waals surface area contributed by atoms with Gasteiger partial charge in [-0.15, -0.1) is 10.2 Å². The van der Waals surface area contributed by atoms with Gasteiger partial charge in [-0.25, -0.2) is 4.98 Å². The maximum atomic E-state index is 12.9. The first-order valence-electron chi connectivity index (χ1n) is 9.69. The van der Waals surface area contributed by atoms with Gasteiger partial charge in [0, 0.05) is 23.2 Å². The Balaban J connectivity index is 1.55. The number of alkyl halides is 3. The lowest BCUT2D eigenvalue weighted by Crippen LogP contribution is -2.41. The zero-order chi connectivity index (χ0) is 20.3. The Kier molecular flexibility index (Phi) is 4.06. The fourth-order valence-corrected chi connectivity index (χ4v) is 4.70. The van der Waals surface area contributed by atoms with Gasteiger partial charge < -0.3 is 15.0 Å². The fraction of sp³-hybridized carbons (Fsp3) is 0.450. The molecule has 2 aliphatic rings. The minimum absolute atomic E-state index is 0.206. The van der Waals surface area contributed by atoms with Gasteiger partial charge in [0.15, 0.2) is 5.65 Å². The number of piperidine rings is 1. The first kappa shape index (κ1) is 18.4. The highest BCUT2D eigenvalue weighted by Gasteiger charge is 2.37. The Labute approximate surface area is 164 Å². The van der Waals surface area contributed by atoms with Crippen LogP contribution in [0.3, 0.4) is 0 Å². The van der Waals surface area contributed by atoms with E-state index in [2.05, 4.69) is 25.1 Å². The number of hydrogen-bond donors (Lipinski definition) is 2. The van der Waals surface area contributed by atoms with Gasteiger partial charge in [0.1, 0.15) is 17.0 Å². The first-order chi connectivity index (χ1) is 13.8. The minimum Gasteiger partial charge on any atom is -0.507 e. The maximum Gasteiger partial charge on any atom is 0.416 e. The Bertz CT molecular complexity index is 1090. The van der Waals surface area contributed by atoms with Crippen LogP contribution in [0.15, 0.2) is 24.5 Å². The highest BCUT2D eigenvalue weighted by molar-refractivity contribution is 5.83. The average Bonchev–Trinajstić information content (AvgIpc) is 3.27. The van der Waals surface area contributed by atoms with E-state index in [-0.39, 0.29) is 11.6 Å². The molecule has 0 aliphatic carbocycles. The Hall–Kier alpha value is -2.68. The van der Waals surface area contributed by atoms with Crippen molar-refractivity contribution in [1.29, 1.82) is 0 Å². The zero-order valence-electron chi connectivity index (χ0n) is 15.7. The van der Waals surface area contributed by atoms with Crippen LogP contribution in [0.5, 0.6) is 5.75 Å². The summed E-state index contributed by atoms with van der Waals surface area (Å²) in [5.41, 5.74) is 1.62. The smallest absolute Gasteiger partial charge is 0.416 e. The molecular formula is C20H20F3N5O. The third-order valence-electron chi connectivity index (χ3n) is 6.21. The van der Waals surface area contributed by atoms with Gasteiger partial charge in [0.25, 0.3) is 0 Å². The van der Waals surface area contributed by atoms with Crippen LogP contribution in [0.4, 0.5) is 13.2 Å². The largest absolute Gasteiger partial charge is 0.507 e. The SMILES string of the molecule is Cc1c(-c2ccc(C(F)(F)F)cc2O)nnc2c1ncn2[C@@H]1CC[C@@H]2CC[C@H]1N2. The van der Waals surface area contributed by atoms with Crippen LogP contribution >= 0.6 is 0 Å². The predicted octanol–water partition coefficient (Wildman–Crippen LogP) is 3.98. The monoisotopic (exact) mass is 403 g/mol. The first-order valence-corrected chi connectivity index (χ1v) is 9.69. The topological polar surface area (TPSA) is 75.9 Å². The number of aromatic nitrogens is 4. The number of aromatic hydroxyl groups is 1. The highest BCUT2D eigenvalue weighted by Crippen LogP contribution is 2.39. The third-order valence-corrected chi connectivity index (χ3v) is 6.21. The maximum absolute atomic E-state index is 12.9. The quantitative estimate of drug-likeness (QED) is 0.677. The summed E-state index contributed by atoms with van der Waals surface area (Å²) in [6, 6.07) is 4.13. The van der Waals surface area contributed by atoms with Gasteiger partial charge >= 0.3 is 6.18 Å². The van der Waals surface area contributed by atoms with Crippen molar-refractivity contribution in [2.45, 2.75) is 56.9 Å². The number of phenolic OH excluding ortho intramolecular Hbond substituents is 1.